The molecule has 0 bridgehead atoms. The van der Waals surface area contributed by atoms with E-state index in [2.05, 4.69) is 15.8 Å². The molecule has 0 spiro atoms. The monoisotopic (exact) mass is 515 g/mol. The molecule has 0 fully saturated rings. The third kappa shape index (κ3) is 5.87. The van der Waals surface area contributed by atoms with Crippen LogP contribution >= 0.6 is 22.9 Å². The highest BCUT2D eigenvalue weighted by Gasteiger charge is 2.31. The van der Waals surface area contributed by atoms with E-state index < -0.39 is 30.1 Å². The summed E-state index contributed by atoms with van der Waals surface area (Å²) in [6.07, 6.45) is -3.12. The summed E-state index contributed by atoms with van der Waals surface area (Å²) in [6, 6.07) is 20.0. The first-order chi connectivity index (χ1) is 16.7. The molecule has 10 heteroatoms. The Hall–Kier alpha value is -3.69. The standard InChI is InChI=1S/C25H17ClF3N3O2S/c26-18-11-16(10-17(12-18)25(27,28)29)24(34)30-14-22(33)32-31-13-20-19-8-4-5-9-21(19)35-23(20)15-6-2-1-3-7-15/h1-13H,14H2,(H,30,34)(H,32,33)/b31-13+. The predicted octanol–water partition coefficient (Wildman–Crippen LogP) is 6.12. The average molecular weight is 516 g/mol. The Morgan fingerprint density at radius 1 is 1.00 bits per heavy atom. The number of hydrogen-bond donors (Lipinski definition) is 2. The first kappa shape index (κ1) is 24.4. The van der Waals surface area contributed by atoms with Gasteiger partial charge in [-0.15, -0.1) is 11.3 Å². The van der Waals surface area contributed by atoms with E-state index in [-0.39, 0.29) is 10.6 Å². The topological polar surface area (TPSA) is 70.6 Å². The smallest absolute Gasteiger partial charge is 0.343 e. The van der Waals surface area contributed by atoms with Crippen LogP contribution < -0.4 is 10.7 Å². The molecular weight excluding hydrogens is 499 g/mol. The lowest BCUT2D eigenvalue weighted by atomic mass is 10.1. The fraction of sp³-hybridized carbons (Fsp3) is 0.0800. The lowest BCUT2D eigenvalue weighted by Crippen LogP contribution is -2.35. The SMILES string of the molecule is O=C(CNC(=O)c1cc(Cl)cc(C(F)(F)F)c1)N/N=C/c1c(-c2ccccc2)sc2ccccc12. The maximum Gasteiger partial charge on any atom is 0.416 e. The lowest BCUT2D eigenvalue weighted by Gasteiger charge is -2.10. The molecule has 5 nitrogen and oxygen atoms in total. The number of halogens is 4. The van der Waals surface area contributed by atoms with Gasteiger partial charge in [0.15, 0.2) is 0 Å². The molecule has 0 atom stereocenters. The Morgan fingerprint density at radius 3 is 2.46 bits per heavy atom. The van der Waals surface area contributed by atoms with Crippen LogP contribution in [0.4, 0.5) is 13.2 Å². The minimum Gasteiger partial charge on any atom is -0.343 e. The Bertz CT molecular complexity index is 1420. The van der Waals surface area contributed by atoms with E-state index in [9.17, 15) is 22.8 Å². The molecule has 35 heavy (non-hydrogen) atoms. The van der Waals surface area contributed by atoms with Gasteiger partial charge < -0.3 is 5.32 Å². The van der Waals surface area contributed by atoms with Crippen LogP contribution in [0.15, 0.2) is 77.9 Å². The first-order valence-corrected chi connectivity index (χ1v) is 11.5. The van der Waals surface area contributed by atoms with E-state index in [1.165, 1.54) is 6.21 Å². The summed E-state index contributed by atoms with van der Waals surface area (Å²) < 4.78 is 39.9. The van der Waals surface area contributed by atoms with E-state index in [1.54, 1.807) is 11.3 Å². The number of nitrogens with one attached hydrogen (secondary N) is 2. The largest absolute Gasteiger partial charge is 0.416 e. The number of carbonyl (C=O) groups is 2. The number of carbonyl (C=O) groups excluding carboxylic acids is 2. The summed E-state index contributed by atoms with van der Waals surface area (Å²) in [4.78, 5) is 25.4. The molecule has 1 heterocycles. The van der Waals surface area contributed by atoms with Crippen LogP contribution in [-0.4, -0.2) is 24.6 Å². The minimum atomic E-state index is -4.66. The molecule has 0 radical (unpaired) electrons. The molecule has 0 saturated heterocycles. The summed E-state index contributed by atoms with van der Waals surface area (Å²) in [5.74, 6) is -1.51. The van der Waals surface area contributed by atoms with Gasteiger partial charge in [0, 0.05) is 31.1 Å². The molecule has 0 saturated carbocycles. The summed E-state index contributed by atoms with van der Waals surface area (Å²) in [7, 11) is 0. The number of thiophene rings is 1. The van der Waals surface area contributed by atoms with Crippen LogP contribution in [0.3, 0.4) is 0 Å². The number of nitrogens with zero attached hydrogens (tertiary/aromatic N) is 1. The van der Waals surface area contributed by atoms with Gasteiger partial charge in [-0.1, -0.05) is 60.1 Å². The van der Waals surface area contributed by atoms with Crippen LogP contribution in [0, 0.1) is 0 Å². The highest BCUT2D eigenvalue weighted by Crippen LogP contribution is 2.37. The number of rotatable bonds is 6. The molecule has 0 unspecified atom stereocenters. The van der Waals surface area contributed by atoms with Crippen molar-refractivity contribution < 1.29 is 22.8 Å². The van der Waals surface area contributed by atoms with Crippen molar-refractivity contribution in [1.29, 1.82) is 0 Å². The van der Waals surface area contributed by atoms with Crippen molar-refractivity contribution in [1.82, 2.24) is 10.7 Å². The highest BCUT2D eigenvalue weighted by molar-refractivity contribution is 7.22. The molecule has 178 valence electrons. The summed E-state index contributed by atoms with van der Waals surface area (Å²) in [6.45, 7) is -0.486. The second-order valence-electron chi connectivity index (χ2n) is 7.41. The van der Waals surface area contributed by atoms with Gasteiger partial charge in [-0.3, -0.25) is 9.59 Å². The lowest BCUT2D eigenvalue weighted by molar-refractivity contribution is -0.137. The number of hydrazone groups is 1. The molecule has 0 aliphatic carbocycles. The molecule has 4 rings (SSSR count). The van der Waals surface area contributed by atoms with Crippen LogP contribution in [-0.2, 0) is 11.0 Å². The maximum atomic E-state index is 12.9. The fourth-order valence-corrected chi connectivity index (χ4v) is 4.77. The van der Waals surface area contributed by atoms with Gasteiger partial charge >= 0.3 is 6.18 Å². The van der Waals surface area contributed by atoms with Crippen molar-refractivity contribution in [3.8, 4) is 10.4 Å². The highest BCUT2D eigenvalue weighted by atomic mass is 35.5. The van der Waals surface area contributed by atoms with E-state index in [0.29, 0.717) is 6.07 Å². The third-order valence-electron chi connectivity index (χ3n) is 4.95. The van der Waals surface area contributed by atoms with Crippen molar-refractivity contribution in [3.05, 3.63) is 94.5 Å². The quantitative estimate of drug-likeness (QED) is 0.240. The number of fused-ring (bicyclic) bond motifs is 1. The van der Waals surface area contributed by atoms with Gasteiger partial charge in [0.25, 0.3) is 11.8 Å². The Morgan fingerprint density at radius 2 is 1.71 bits per heavy atom. The second-order valence-corrected chi connectivity index (χ2v) is 8.90. The van der Waals surface area contributed by atoms with Crippen LogP contribution in [0.2, 0.25) is 5.02 Å². The van der Waals surface area contributed by atoms with Crippen molar-refractivity contribution in [2.45, 2.75) is 6.18 Å². The Labute approximate surface area is 207 Å². The van der Waals surface area contributed by atoms with Crippen molar-refractivity contribution in [2.24, 2.45) is 5.10 Å². The van der Waals surface area contributed by atoms with Crippen LogP contribution in [0.5, 0.6) is 0 Å². The van der Waals surface area contributed by atoms with Crippen molar-refractivity contribution >= 4 is 51.1 Å². The zero-order chi connectivity index (χ0) is 25.0. The maximum absolute atomic E-state index is 12.9. The summed E-state index contributed by atoms with van der Waals surface area (Å²) in [5.41, 5.74) is 2.81. The van der Waals surface area contributed by atoms with E-state index in [1.807, 2.05) is 54.6 Å². The van der Waals surface area contributed by atoms with Crippen LogP contribution in [0.25, 0.3) is 20.5 Å². The van der Waals surface area contributed by atoms with Gasteiger partial charge in [-0.25, -0.2) is 5.43 Å². The molecule has 4 aromatic rings. The molecule has 2 amide bonds. The zero-order valence-corrected chi connectivity index (χ0v) is 19.5. The predicted molar refractivity (Wildman–Crippen MR) is 132 cm³/mol. The fourth-order valence-electron chi connectivity index (χ4n) is 3.35. The second kappa shape index (κ2) is 10.3. The number of alkyl halides is 3. The first-order valence-electron chi connectivity index (χ1n) is 10.3. The third-order valence-corrected chi connectivity index (χ3v) is 6.40. The van der Waals surface area contributed by atoms with Gasteiger partial charge in [0.05, 0.1) is 18.3 Å². The average Bonchev–Trinajstić information content (AvgIpc) is 3.21. The molecule has 3 aromatic carbocycles. The summed E-state index contributed by atoms with van der Waals surface area (Å²) >= 11 is 7.30. The van der Waals surface area contributed by atoms with Crippen molar-refractivity contribution in [3.63, 3.8) is 0 Å². The molecule has 2 N–H and O–H groups in total. The van der Waals surface area contributed by atoms with Gasteiger partial charge in [-0.05, 0) is 29.8 Å². The zero-order valence-electron chi connectivity index (χ0n) is 17.9. The number of benzene rings is 3. The normalized spacial score (nSPS) is 11.7. The van der Waals surface area contributed by atoms with Gasteiger partial charge in [0.1, 0.15) is 0 Å². The molecule has 1 aromatic heterocycles. The van der Waals surface area contributed by atoms with Gasteiger partial charge in [-0.2, -0.15) is 18.3 Å². The number of hydrogen-bond acceptors (Lipinski definition) is 4. The molecule has 0 aliphatic rings. The van der Waals surface area contributed by atoms with Crippen molar-refractivity contribution in [2.75, 3.05) is 6.54 Å². The number of amides is 2. The Balaban J connectivity index is 1.44. The minimum absolute atomic E-state index is 0.240. The summed E-state index contributed by atoms with van der Waals surface area (Å²) in [5, 5.41) is 7.02. The Kier molecular flexibility index (Phi) is 7.18. The molecule has 0 aliphatic heterocycles. The van der Waals surface area contributed by atoms with Crippen LogP contribution in [0.1, 0.15) is 21.5 Å². The van der Waals surface area contributed by atoms with E-state index >= 15 is 0 Å². The van der Waals surface area contributed by atoms with E-state index in [4.69, 9.17) is 11.6 Å². The molecular formula is C25H17ClF3N3O2S. The van der Waals surface area contributed by atoms with Gasteiger partial charge in [0.2, 0.25) is 0 Å². The van der Waals surface area contributed by atoms with E-state index in [0.717, 1.165) is 38.2 Å².